The molecule has 0 aromatic heterocycles. The van der Waals surface area contributed by atoms with E-state index in [9.17, 15) is 28.0 Å². The molecule has 53 heavy (non-hydrogen) atoms. The number of carbonyl (C=O) groups excluding carboxylic acids is 2. The number of nitrogens with zero attached hydrogens (tertiary/aromatic N) is 2. The normalized spacial score (nSPS) is 22.5. The summed E-state index contributed by atoms with van der Waals surface area (Å²) in [6, 6.07) is 10.9. The van der Waals surface area contributed by atoms with Crippen molar-refractivity contribution in [3.8, 4) is 34.8 Å². The molecule has 4 aliphatic rings. The van der Waals surface area contributed by atoms with Gasteiger partial charge in [0.1, 0.15) is 11.8 Å². The summed E-state index contributed by atoms with van der Waals surface area (Å²) in [6.45, 7) is 3.06. The van der Waals surface area contributed by atoms with Crippen molar-refractivity contribution in [1.82, 2.24) is 15.5 Å². The van der Waals surface area contributed by atoms with Crippen molar-refractivity contribution in [2.75, 3.05) is 34.4 Å². The lowest BCUT2D eigenvalue weighted by Gasteiger charge is -2.56. The number of fused-ring (bicyclic) bond motifs is 9. The summed E-state index contributed by atoms with van der Waals surface area (Å²) < 4.78 is 75.3. The first kappa shape index (κ1) is 36.3. The lowest BCUT2D eigenvalue weighted by Crippen LogP contribution is -2.68. The van der Waals surface area contributed by atoms with Crippen LogP contribution >= 0.6 is 0 Å². The third kappa shape index (κ3) is 6.49. The molecule has 1 saturated heterocycles. The fourth-order valence-corrected chi connectivity index (χ4v) is 8.34. The maximum absolute atomic E-state index is 13.7. The van der Waals surface area contributed by atoms with Gasteiger partial charge in [0.15, 0.2) is 29.8 Å². The molecule has 4 heterocycles. The Morgan fingerprint density at radius 3 is 2.51 bits per heavy atom. The Balaban J connectivity index is 1.38. The maximum atomic E-state index is 13.7. The standard InChI is InChI=1S/C38H39F3N4O8/c1-19-12-22-13-24-26(15-42)45-25(31(44-24)29(22)35(32(19)49-4)50-17-48-3)14-23-30(27(45)16-43-28(46)11-10-21-8-6-5-7-9-21)36-34(51-18-52-36)20(2)33(23)53-37(47)38(39,40)41/h5-9,12,24-27,31,44H,10-11,13-14,16-18H2,1-4H3,(H,43,46)/t24-,25?,26+,27+,31+/m1/s1. The molecule has 280 valence electrons. The molecule has 15 heteroatoms. The van der Waals surface area contributed by atoms with Crippen molar-refractivity contribution >= 4 is 11.9 Å². The molecule has 3 aromatic carbocycles. The van der Waals surface area contributed by atoms with Gasteiger partial charge in [-0.3, -0.25) is 9.69 Å². The number of esters is 1. The van der Waals surface area contributed by atoms with E-state index < -0.39 is 36.3 Å². The van der Waals surface area contributed by atoms with Crippen LogP contribution in [0.1, 0.15) is 57.4 Å². The lowest BCUT2D eigenvalue weighted by atomic mass is 9.72. The molecule has 4 aliphatic heterocycles. The minimum Gasteiger partial charge on any atom is -0.493 e. The summed E-state index contributed by atoms with van der Waals surface area (Å²) in [5.74, 6) is -1.59. The van der Waals surface area contributed by atoms with E-state index >= 15 is 0 Å². The van der Waals surface area contributed by atoms with E-state index in [2.05, 4.69) is 16.7 Å². The van der Waals surface area contributed by atoms with Crippen LogP contribution in [0.5, 0.6) is 28.7 Å². The van der Waals surface area contributed by atoms with Gasteiger partial charge in [-0.1, -0.05) is 36.4 Å². The van der Waals surface area contributed by atoms with Crippen molar-refractivity contribution in [3.05, 3.63) is 75.3 Å². The van der Waals surface area contributed by atoms with E-state index in [1.807, 2.05) is 48.2 Å². The van der Waals surface area contributed by atoms with Crippen molar-refractivity contribution < 1.29 is 51.2 Å². The fraction of sp³-hybridized carbons (Fsp3) is 0.447. The highest BCUT2D eigenvalue weighted by Gasteiger charge is 2.55. The average Bonchev–Trinajstić information content (AvgIpc) is 3.63. The first-order chi connectivity index (χ1) is 25.5. The monoisotopic (exact) mass is 736 g/mol. The SMILES string of the molecule is COCOc1c(OC)c(C)cc2c1[C@H]1N[C@H](C2)[C@H](C#N)N2C1Cc1c(OC(=O)C(F)(F)F)c(C)c3c(c1[C@@H]2CNC(=O)CCc1ccccc1)OCO3. The summed E-state index contributed by atoms with van der Waals surface area (Å²) in [5, 5.41) is 17.5. The lowest BCUT2D eigenvalue weighted by molar-refractivity contribution is -0.189. The van der Waals surface area contributed by atoms with E-state index in [4.69, 9.17) is 28.4 Å². The van der Waals surface area contributed by atoms with Gasteiger partial charge in [0, 0.05) is 54.4 Å². The van der Waals surface area contributed by atoms with Gasteiger partial charge in [-0.05, 0) is 49.8 Å². The predicted molar refractivity (Wildman–Crippen MR) is 182 cm³/mol. The highest BCUT2D eigenvalue weighted by Crippen LogP contribution is 2.57. The number of rotatable bonds is 10. The molecule has 1 amide bonds. The third-order valence-corrected chi connectivity index (χ3v) is 10.5. The fourth-order valence-electron chi connectivity index (χ4n) is 8.34. The van der Waals surface area contributed by atoms with Crippen LogP contribution in [0.25, 0.3) is 0 Å². The quantitative estimate of drug-likeness (QED) is 0.171. The zero-order valence-corrected chi connectivity index (χ0v) is 29.6. The predicted octanol–water partition coefficient (Wildman–Crippen LogP) is 4.67. The molecular weight excluding hydrogens is 697 g/mol. The number of hydrogen-bond donors (Lipinski definition) is 2. The highest BCUT2D eigenvalue weighted by atomic mass is 19.4. The largest absolute Gasteiger partial charge is 0.493 e. The van der Waals surface area contributed by atoms with Gasteiger partial charge in [0.25, 0.3) is 0 Å². The smallest absolute Gasteiger partial charge is 0.491 e. The van der Waals surface area contributed by atoms with Crippen LogP contribution in [0.4, 0.5) is 13.2 Å². The number of carbonyl (C=O) groups is 2. The number of hydrogen-bond acceptors (Lipinski definition) is 11. The number of ether oxygens (including phenoxy) is 6. The Morgan fingerprint density at radius 1 is 1.06 bits per heavy atom. The number of piperazine rings is 1. The average molecular weight is 737 g/mol. The molecule has 12 nitrogen and oxygen atoms in total. The molecule has 1 fully saturated rings. The van der Waals surface area contributed by atoms with Gasteiger partial charge in [-0.15, -0.1) is 0 Å². The van der Waals surface area contributed by atoms with Gasteiger partial charge >= 0.3 is 12.1 Å². The number of methoxy groups -OCH3 is 2. The van der Waals surface area contributed by atoms with Crippen LogP contribution in [-0.2, 0) is 33.6 Å². The van der Waals surface area contributed by atoms with E-state index in [-0.39, 0.29) is 73.3 Å². The number of benzene rings is 3. The number of halogens is 3. The molecule has 7 rings (SSSR count). The summed E-state index contributed by atoms with van der Waals surface area (Å²) in [4.78, 5) is 27.8. The summed E-state index contributed by atoms with van der Waals surface area (Å²) >= 11 is 0. The summed E-state index contributed by atoms with van der Waals surface area (Å²) in [6.07, 6.45) is -4.13. The second-order valence-electron chi connectivity index (χ2n) is 13.5. The highest BCUT2D eigenvalue weighted by molar-refractivity contribution is 5.80. The molecule has 3 aromatic rings. The molecule has 0 saturated carbocycles. The number of alkyl halides is 3. The van der Waals surface area contributed by atoms with Gasteiger partial charge in [-0.25, -0.2) is 4.79 Å². The van der Waals surface area contributed by atoms with Gasteiger partial charge in [0.05, 0.1) is 25.3 Å². The number of nitriles is 1. The summed E-state index contributed by atoms with van der Waals surface area (Å²) in [7, 11) is 3.03. The van der Waals surface area contributed by atoms with Crippen LogP contribution in [0.3, 0.4) is 0 Å². The van der Waals surface area contributed by atoms with E-state index in [0.717, 1.165) is 22.3 Å². The van der Waals surface area contributed by atoms with Crippen molar-refractivity contribution in [3.63, 3.8) is 0 Å². The van der Waals surface area contributed by atoms with Crippen LogP contribution < -0.4 is 34.3 Å². The number of nitrogens with one attached hydrogen (secondary N) is 2. The number of amides is 1. The third-order valence-electron chi connectivity index (χ3n) is 10.5. The zero-order valence-electron chi connectivity index (χ0n) is 29.6. The number of aryl methyl sites for hydroxylation is 2. The first-order valence-corrected chi connectivity index (χ1v) is 17.3. The maximum Gasteiger partial charge on any atom is 0.491 e. The Labute approximate surface area is 304 Å². The van der Waals surface area contributed by atoms with Crippen molar-refractivity contribution in [1.29, 1.82) is 5.26 Å². The Kier molecular flexibility index (Phi) is 9.88. The molecule has 0 spiro atoms. The zero-order chi connectivity index (χ0) is 37.6. The van der Waals surface area contributed by atoms with E-state index in [0.29, 0.717) is 29.9 Å². The van der Waals surface area contributed by atoms with E-state index in [1.54, 1.807) is 0 Å². The Bertz CT molecular complexity index is 1970. The van der Waals surface area contributed by atoms with Crippen LogP contribution in [0.15, 0.2) is 36.4 Å². The summed E-state index contributed by atoms with van der Waals surface area (Å²) in [5.41, 5.74) is 4.32. The Hall–Kier alpha value is -5.04. The van der Waals surface area contributed by atoms with Gasteiger partial charge < -0.3 is 39.1 Å². The Morgan fingerprint density at radius 2 is 1.81 bits per heavy atom. The van der Waals surface area contributed by atoms with Crippen LogP contribution in [0, 0.1) is 25.2 Å². The molecule has 5 atom stereocenters. The van der Waals surface area contributed by atoms with Gasteiger partial charge in [-0.2, -0.15) is 18.4 Å². The minimum absolute atomic E-state index is 0.0304. The van der Waals surface area contributed by atoms with Crippen LogP contribution in [-0.4, -0.2) is 75.4 Å². The second kappa shape index (κ2) is 14.4. The molecular formula is C38H39F3N4O8. The molecule has 0 radical (unpaired) electrons. The molecule has 1 unspecified atom stereocenters. The molecule has 0 aliphatic carbocycles. The molecule has 2 N–H and O–H groups in total. The van der Waals surface area contributed by atoms with E-state index in [1.165, 1.54) is 21.1 Å². The van der Waals surface area contributed by atoms with Crippen molar-refractivity contribution in [2.45, 2.75) is 75.9 Å². The van der Waals surface area contributed by atoms with Crippen LogP contribution in [0.2, 0.25) is 0 Å². The molecule has 2 bridgehead atoms. The minimum atomic E-state index is -5.28. The second-order valence-corrected chi connectivity index (χ2v) is 13.5. The topological polar surface area (TPSA) is 141 Å². The van der Waals surface area contributed by atoms with Gasteiger partial charge in [0.2, 0.25) is 12.7 Å². The van der Waals surface area contributed by atoms with Crippen molar-refractivity contribution in [2.24, 2.45) is 0 Å². The first-order valence-electron chi connectivity index (χ1n) is 17.3.